The van der Waals surface area contributed by atoms with Crippen LogP contribution in [-0.2, 0) is 7.05 Å². The number of hydrogen-bond donors (Lipinski definition) is 0. The quantitative estimate of drug-likeness (QED) is 0.207. The highest BCUT2D eigenvalue weighted by Gasteiger charge is 2.24. The molecule has 1 fully saturated rings. The molecule has 0 N–H and O–H groups in total. The summed E-state index contributed by atoms with van der Waals surface area (Å²) in [6.45, 7) is 23.0. The molecule has 1 aromatic heterocycles. The molecular weight excluding hydrogens is 534 g/mol. The van der Waals surface area contributed by atoms with Gasteiger partial charge in [-0.3, -0.25) is 0 Å². The Morgan fingerprint density at radius 3 is 2.39 bits per heavy atom. The number of nitrogens with zero attached hydrogens (tertiary/aromatic N) is 1. The smallest absolute Gasteiger partial charge is 0.136 e. The predicted molar refractivity (Wildman–Crippen MR) is 197 cm³/mol. The van der Waals surface area contributed by atoms with Crippen LogP contribution in [0.5, 0.6) is 5.75 Å². The number of fused-ring (bicyclic) bond motifs is 3. The second kappa shape index (κ2) is 16.7. The molecule has 232 valence electrons. The molecule has 0 bridgehead atoms. The Bertz CT molecular complexity index is 1580. The summed E-state index contributed by atoms with van der Waals surface area (Å²) in [7, 11) is 2.17. The molecule has 1 unspecified atom stereocenters. The van der Waals surface area contributed by atoms with Crippen molar-refractivity contribution in [3.8, 4) is 5.75 Å². The van der Waals surface area contributed by atoms with Gasteiger partial charge in [-0.15, -0.1) is 13.2 Å². The minimum Gasteiger partial charge on any atom is -0.456 e. The summed E-state index contributed by atoms with van der Waals surface area (Å²) in [5.74, 6) is 3.18. The highest BCUT2D eigenvalue weighted by atomic mass is 16.5. The van der Waals surface area contributed by atoms with Gasteiger partial charge in [-0.1, -0.05) is 121 Å². The molecule has 44 heavy (non-hydrogen) atoms. The maximum absolute atomic E-state index is 6.52. The maximum atomic E-state index is 6.52. The molecule has 2 aromatic carbocycles. The van der Waals surface area contributed by atoms with E-state index >= 15 is 0 Å². The van der Waals surface area contributed by atoms with E-state index in [0.717, 1.165) is 47.1 Å². The van der Waals surface area contributed by atoms with Crippen LogP contribution in [-0.4, -0.2) is 4.57 Å². The normalized spacial score (nSPS) is 16.8. The molecule has 1 atom stereocenters. The van der Waals surface area contributed by atoms with Crippen LogP contribution in [0.1, 0.15) is 94.7 Å². The first-order valence-corrected chi connectivity index (χ1v) is 16.5. The Balaban J connectivity index is 0.000000832. The molecule has 1 saturated carbocycles. The summed E-state index contributed by atoms with van der Waals surface area (Å²) < 4.78 is 8.84. The fourth-order valence-electron chi connectivity index (χ4n) is 6.02. The standard InChI is InChI=1S/C36H37NO.2C2H6.C2H4/c1-24-10-5-6-15-28(24)19-18-26(3)35-30(16-9-14-27-12-8-13-27)31-22-23-34-32(36(31)37(35)4)21-20-29-25(2)11-7-17-33(29)38-34;3*1-2/h5-7,9-10,15-23,25,27H,3,8,11-14H2,1-2,4H3;2*1-2H3;1-2H2/b16-9-,19-18-;;;. The van der Waals surface area contributed by atoms with Crippen molar-refractivity contribution in [1.29, 1.82) is 0 Å². The molecule has 0 radical (unpaired) electrons. The molecule has 1 aliphatic heterocycles. The largest absolute Gasteiger partial charge is 0.456 e. The molecule has 2 heteroatoms. The van der Waals surface area contributed by atoms with Crippen LogP contribution < -0.4 is 4.74 Å². The molecule has 3 aromatic rings. The van der Waals surface area contributed by atoms with E-state index in [-0.39, 0.29) is 0 Å². The van der Waals surface area contributed by atoms with Crippen molar-refractivity contribution in [2.75, 3.05) is 0 Å². The Labute approximate surface area is 267 Å². The van der Waals surface area contributed by atoms with Crippen molar-refractivity contribution in [1.82, 2.24) is 4.57 Å². The van der Waals surface area contributed by atoms with E-state index in [1.54, 1.807) is 0 Å². The van der Waals surface area contributed by atoms with E-state index in [1.165, 1.54) is 52.4 Å². The average Bonchev–Trinajstić information content (AvgIpc) is 3.18. The molecule has 6 rings (SSSR count). The summed E-state index contributed by atoms with van der Waals surface area (Å²) in [6.07, 6.45) is 24.2. The molecule has 2 aliphatic carbocycles. The van der Waals surface area contributed by atoms with Gasteiger partial charge in [0.05, 0.1) is 11.2 Å². The number of rotatable bonds is 6. The monoisotopic (exact) mass is 587 g/mol. The first-order chi connectivity index (χ1) is 21.5. The Kier molecular flexibility index (Phi) is 13.1. The third kappa shape index (κ3) is 7.36. The molecule has 0 amide bonds. The zero-order valence-electron chi connectivity index (χ0n) is 28.2. The van der Waals surface area contributed by atoms with Gasteiger partial charge in [0, 0.05) is 23.6 Å². The van der Waals surface area contributed by atoms with Gasteiger partial charge in [0.15, 0.2) is 0 Å². The molecule has 3 aliphatic rings. The topological polar surface area (TPSA) is 14.2 Å². The van der Waals surface area contributed by atoms with E-state index < -0.39 is 0 Å². The lowest BCUT2D eigenvalue weighted by atomic mass is 9.83. The maximum Gasteiger partial charge on any atom is 0.136 e. The van der Waals surface area contributed by atoms with Gasteiger partial charge >= 0.3 is 0 Å². The van der Waals surface area contributed by atoms with E-state index in [9.17, 15) is 0 Å². The van der Waals surface area contributed by atoms with Gasteiger partial charge in [0.1, 0.15) is 11.5 Å². The number of ether oxygens (including phenoxy) is 1. The van der Waals surface area contributed by atoms with Crippen molar-refractivity contribution < 1.29 is 4.74 Å². The van der Waals surface area contributed by atoms with Crippen LogP contribution in [0, 0.1) is 18.8 Å². The SMILES string of the molecule is C=C.C=C(/C=C\c1ccccc1C)c1c(/C=C\CC2CCC2)c2ccc3c(c2n1C)C=CC1=C(C=CCC1C)O3.CC.CC. The zero-order valence-corrected chi connectivity index (χ0v) is 28.2. The van der Waals surface area contributed by atoms with Gasteiger partial charge in [0.25, 0.3) is 0 Å². The van der Waals surface area contributed by atoms with E-state index in [0.29, 0.717) is 5.92 Å². The third-order valence-corrected chi connectivity index (χ3v) is 8.55. The minimum absolute atomic E-state index is 0.455. The van der Waals surface area contributed by atoms with Crippen molar-refractivity contribution in [2.24, 2.45) is 18.9 Å². The van der Waals surface area contributed by atoms with Crippen molar-refractivity contribution in [2.45, 2.75) is 73.6 Å². The summed E-state index contributed by atoms with van der Waals surface area (Å²) in [6, 6.07) is 12.9. The van der Waals surface area contributed by atoms with Crippen LogP contribution in [0.2, 0.25) is 0 Å². The molecule has 2 nitrogen and oxygen atoms in total. The van der Waals surface area contributed by atoms with Crippen molar-refractivity contribution >= 4 is 34.7 Å². The minimum atomic E-state index is 0.455. The van der Waals surface area contributed by atoms with Crippen LogP contribution in [0.4, 0.5) is 0 Å². The second-order valence-electron chi connectivity index (χ2n) is 11.1. The number of benzene rings is 2. The Morgan fingerprint density at radius 1 is 0.977 bits per heavy atom. The molecule has 2 heterocycles. The van der Waals surface area contributed by atoms with Gasteiger partial charge in [-0.05, 0) is 78.2 Å². The predicted octanol–water partition coefficient (Wildman–Crippen LogP) is 12.5. The number of aromatic nitrogens is 1. The third-order valence-electron chi connectivity index (χ3n) is 8.55. The van der Waals surface area contributed by atoms with Crippen LogP contribution in [0.3, 0.4) is 0 Å². The first-order valence-electron chi connectivity index (χ1n) is 16.5. The Morgan fingerprint density at radius 2 is 1.70 bits per heavy atom. The first kappa shape index (κ1) is 34.5. The van der Waals surface area contributed by atoms with Gasteiger partial charge in [0.2, 0.25) is 0 Å². The van der Waals surface area contributed by atoms with Crippen molar-refractivity contribution in [3.63, 3.8) is 0 Å². The zero-order chi connectivity index (χ0) is 32.2. The fourth-order valence-corrected chi connectivity index (χ4v) is 6.02. The van der Waals surface area contributed by atoms with Crippen molar-refractivity contribution in [3.05, 3.63) is 126 Å². The van der Waals surface area contributed by atoms with E-state index in [1.807, 2.05) is 27.7 Å². The number of allylic oxidation sites excluding steroid dienone is 7. The second-order valence-corrected chi connectivity index (χ2v) is 11.1. The fraction of sp³-hybridized carbons (Fsp3) is 0.333. The summed E-state index contributed by atoms with van der Waals surface area (Å²) in [4.78, 5) is 0. The van der Waals surface area contributed by atoms with Crippen LogP contribution in [0.25, 0.3) is 34.7 Å². The molecule has 0 spiro atoms. The van der Waals surface area contributed by atoms with Gasteiger partial charge in [-0.2, -0.15) is 0 Å². The van der Waals surface area contributed by atoms with E-state index in [2.05, 4.69) is 130 Å². The van der Waals surface area contributed by atoms with Gasteiger partial charge < -0.3 is 9.30 Å². The molecule has 0 saturated heterocycles. The summed E-state index contributed by atoms with van der Waals surface area (Å²) >= 11 is 0. The summed E-state index contributed by atoms with van der Waals surface area (Å²) in [5.41, 5.74) is 9.50. The van der Waals surface area contributed by atoms with Gasteiger partial charge in [-0.25, -0.2) is 0 Å². The number of aryl methyl sites for hydroxylation is 2. The van der Waals surface area contributed by atoms with E-state index in [4.69, 9.17) is 4.74 Å². The number of hydrogen-bond acceptors (Lipinski definition) is 1. The highest BCUT2D eigenvalue weighted by molar-refractivity contribution is 6.02. The van der Waals surface area contributed by atoms with Crippen LogP contribution >= 0.6 is 0 Å². The lowest BCUT2D eigenvalue weighted by Crippen LogP contribution is -2.08. The van der Waals surface area contributed by atoms with Crippen LogP contribution in [0.15, 0.2) is 97.8 Å². The summed E-state index contributed by atoms with van der Waals surface area (Å²) in [5, 5.41) is 1.24. The lowest BCUT2D eigenvalue weighted by Gasteiger charge is -2.23. The molecular formula is C42H53NO. The lowest BCUT2D eigenvalue weighted by molar-refractivity contribution is 0.320. The highest BCUT2D eigenvalue weighted by Crippen LogP contribution is 2.41. The average molecular weight is 588 g/mol. The Hall–Kier alpha value is -4.04.